The average molecular weight is 314 g/mol. The number of piperazine rings is 1. The third-order valence-electron chi connectivity index (χ3n) is 4.57. The maximum absolute atomic E-state index is 11.9. The molecule has 130 valence electrons. The monoisotopic (exact) mass is 314 g/mol. The van der Waals surface area contributed by atoms with Crippen LogP contribution in [0.1, 0.15) is 33.6 Å². The van der Waals surface area contributed by atoms with Gasteiger partial charge in [0, 0.05) is 45.3 Å². The molecule has 0 radical (unpaired) electrons. The maximum atomic E-state index is 11.9. The molecule has 2 unspecified atom stereocenters. The van der Waals surface area contributed by atoms with Gasteiger partial charge in [-0.2, -0.15) is 0 Å². The molecule has 3 N–H and O–H groups in total. The van der Waals surface area contributed by atoms with Crippen molar-refractivity contribution in [2.24, 2.45) is 5.92 Å². The van der Waals surface area contributed by atoms with Gasteiger partial charge in [-0.3, -0.25) is 4.90 Å². The highest BCUT2D eigenvalue weighted by Gasteiger charge is 2.19. The van der Waals surface area contributed by atoms with Crippen molar-refractivity contribution in [3.8, 4) is 0 Å². The number of amides is 2. The first kappa shape index (κ1) is 19.2. The molecule has 0 spiro atoms. The van der Waals surface area contributed by atoms with E-state index in [0.29, 0.717) is 6.54 Å². The molecule has 0 bridgehead atoms. The lowest BCUT2D eigenvalue weighted by molar-refractivity contribution is 0.103. The van der Waals surface area contributed by atoms with E-state index in [9.17, 15) is 9.90 Å². The zero-order valence-electron chi connectivity index (χ0n) is 14.6. The van der Waals surface area contributed by atoms with Gasteiger partial charge in [-0.25, -0.2) is 4.79 Å². The van der Waals surface area contributed by atoms with Crippen molar-refractivity contribution < 1.29 is 9.90 Å². The molecule has 1 heterocycles. The Morgan fingerprint density at radius 1 is 1.18 bits per heavy atom. The first-order chi connectivity index (χ1) is 10.5. The van der Waals surface area contributed by atoms with Gasteiger partial charge < -0.3 is 20.6 Å². The van der Waals surface area contributed by atoms with Crippen LogP contribution >= 0.6 is 0 Å². The highest BCUT2D eigenvalue weighted by Crippen LogP contribution is 2.12. The Bertz CT molecular complexity index is 315. The summed E-state index contributed by atoms with van der Waals surface area (Å²) in [4.78, 5) is 16.6. The van der Waals surface area contributed by atoms with E-state index in [1.807, 2.05) is 6.92 Å². The van der Waals surface area contributed by atoms with E-state index >= 15 is 0 Å². The number of aliphatic hydroxyl groups excluding tert-OH is 1. The summed E-state index contributed by atoms with van der Waals surface area (Å²) in [7, 11) is 2.14. The summed E-state index contributed by atoms with van der Waals surface area (Å²) in [6, 6.07) is -0.0830. The Kier molecular flexibility index (Phi) is 8.75. The highest BCUT2D eigenvalue weighted by atomic mass is 16.3. The Hall–Kier alpha value is -0.850. The van der Waals surface area contributed by atoms with E-state index < -0.39 is 6.10 Å². The summed E-state index contributed by atoms with van der Waals surface area (Å²) in [6.07, 6.45) is 1.40. The van der Waals surface area contributed by atoms with E-state index in [1.165, 1.54) is 0 Å². The van der Waals surface area contributed by atoms with Crippen LogP contribution in [-0.4, -0.2) is 79.4 Å². The van der Waals surface area contributed by atoms with Crippen LogP contribution in [-0.2, 0) is 0 Å². The summed E-state index contributed by atoms with van der Waals surface area (Å²) >= 11 is 0. The van der Waals surface area contributed by atoms with E-state index in [-0.39, 0.29) is 18.0 Å². The molecule has 1 aliphatic heterocycles. The van der Waals surface area contributed by atoms with Gasteiger partial charge in [0.25, 0.3) is 0 Å². The molecule has 0 saturated carbocycles. The predicted molar refractivity (Wildman–Crippen MR) is 90.0 cm³/mol. The molecule has 1 aliphatic rings. The van der Waals surface area contributed by atoms with Gasteiger partial charge in [0.2, 0.25) is 0 Å². The fourth-order valence-corrected chi connectivity index (χ4v) is 2.93. The van der Waals surface area contributed by atoms with E-state index in [1.54, 1.807) is 0 Å². The van der Waals surface area contributed by atoms with E-state index in [2.05, 4.69) is 41.3 Å². The normalized spacial score (nSPS) is 19.9. The van der Waals surface area contributed by atoms with Crippen LogP contribution in [0.2, 0.25) is 0 Å². The molecule has 6 nitrogen and oxygen atoms in total. The number of nitrogens with one attached hydrogen (secondary N) is 2. The smallest absolute Gasteiger partial charge is 0.315 e. The van der Waals surface area contributed by atoms with Crippen molar-refractivity contribution in [1.29, 1.82) is 0 Å². The van der Waals surface area contributed by atoms with Crippen LogP contribution in [0.5, 0.6) is 0 Å². The number of urea groups is 1. The molecule has 6 heteroatoms. The number of hydrogen-bond donors (Lipinski definition) is 3. The Balaban J connectivity index is 2.20. The number of carbonyl (C=O) groups is 1. The third kappa shape index (κ3) is 6.94. The zero-order chi connectivity index (χ0) is 16.5. The number of likely N-dealkylation sites (N-methyl/N-ethyl adjacent to an activating group) is 1. The van der Waals surface area contributed by atoms with Gasteiger partial charge in [-0.15, -0.1) is 0 Å². The van der Waals surface area contributed by atoms with Crippen LogP contribution < -0.4 is 10.6 Å². The zero-order valence-corrected chi connectivity index (χ0v) is 14.6. The van der Waals surface area contributed by atoms with E-state index in [4.69, 9.17) is 0 Å². The Morgan fingerprint density at radius 3 is 2.32 bits per heavy atom. The van der Waals surface area contributed by atoms with Crippen LogP contribution in [0.3, 0.4) is 0 Å². The molecule has 0 aromatic carbocycles. The van der Waals surface area contributed by atoms with Gasteiger partial charge >= 0.3 is 6.03 Å². The van der Waals surface area contributed by atoms with Crippen molar-refractivity contribution in [2.75, 3.05) is 46.3 Å². The van der Waals surface area contributed by atoms with Crippen molar-refractivity contribution in [2.45, 2.75) is 45.8 Å². The first-order valence-corrected chi connectivity index (χ1v) is 8.59. The van der Waals surface area contributed by atoms with Gasteiger partial charge in [-0.05, 0) is 19.9 Å². The second kappa shape index (κ2) is 10.0. The number of nitrogens with zero attached hydrogens (tertiary/aromatic N) is 2. The van der Waals surface area contributed by atoms with Crippen molar-refractivity contribution in [1.82, 2.24) is 20.4 Å². The van der Waals surface area contributed by atoms with Gasteiger partial charge in [0.1, 0.15) is 0 Å². The van der Waals surface area contributed by atoms with Gasteiger partial charge in [0.15, 0.2) is 0 Å². The molecular formula is C16H34N4O2. The highest BCUT2D eigenvalue weighted by molar-refractivity contribution is 5.74. The number of carbonyl (C=O) groups excluding carboxylic acids is 1. The summed E-state index contributed by atoms with van der Waals surface area (Å²) in [6.45, 7) is 11.6. The minimum Gasteiger partial charge on any atom is -0.391 e. The average Bonchev–Trinajstić information content (AvgIpc) is 2.48. The molecule has 0 aliphatic carbocycles. The minimum atomic E-state index is -0.464. The number of aliphatic hydroxyl groups is 1. The topological polar surface area (TPSA) is 67.8 Å². The van der Waals surface area contributed by atoms with Crippen molar-refractivity contribution in [3.63, 3.8) is 0 Å². The summed E-state index contributed by atoms with van der Waals surface area (Å²) < 4.78 is 0. The predicted octanol–water partition coefficient (Wildman–Crippen LogP) is 0.719. The molecule has 22 heavy (non-hydrogen) atoms. The molecule has 1 rings (SSSR count). The molecule has 1 fully saturated rings. The van der Waals surface area contributed by atoms with Crippen LogP contribution in [0.25, 0.3) is 0 Å². The summed E-state index contributed by atoms with van der Waals surface area (Å²) in [5.41, 5.74) is 0. The lowest BCUT2D eigenvalue weighted by Crippen LogP contribution is -2.51. The summed E-state index contributed by atoms with van der Waals surface area (Å²) in [5, 5.41) is 15.8. The lowest BCUT2D eigenvalue weighted by Gasteiger charge is -2.34. The second-order valence-electron chi connectivity index (χ2n) is 6.50. The second-order valence-corrected chi connectivity index (χ2v) is 6.50. The van der Waals surface area contributed by atoms with Crippen LogP contribution in [0.15, 0.2) is 0 Å². The fourth-order valence-electron chi connectivity index (χ4n) is 2.93. The molecule has 1 saturated heterocycles. The first-order valence-electron chi connectivity index (χ1n) is 8.59. The number of hydrogen-bond acceptors (Lipinski definition) is 4. The molecule has 0 aromatic heterocycles. The largest absolute Gasteiger partial charge is 0.391 e. The molecular weight excluding hydrogens is 280 g/mol. The fraction of sp³-hybridized carbons (Fsp3) is 0.938. The van der Waals surface area contributed by atoms with Crippen molar-refractivity contribution in [3.05, 3.63) is 0 Å². The standard InChI is InChI=1S/C16H34N4O2/c1-5-14(6-2)15(21)11-17-16(22)18-13(3)12-20-9-7-19(4)8-10-20/h13-15,21H,5-12H2,1-4H3,(H2,17,18,22). The third-order valence-corrected chi connectivity index (χ3v) is 4.57. The van der Waals surface area contributed by atoms with Gasteiger partial charge in [-0.1, -0.05) is 26.7 Å². The molecule has 2 atom stereocenters. The van der Waals surface area contributed by atoms with Crippen LogP contribution in [0, 0.1) is 5.92 Å². The lowest BCUT2D eigenvalue weighted by atomic mass is 9.97. The molecule has 2 amide bonds. The maximum Gasteiger partial charge on any atom is 0.315 e. The van der Waals surface area contributed by atoms with E-state index in [0.717, 1.165) is 45.6 Å². The summed E-state index contributed by atoms with van der Waals surface area (Å²) in [5.74, 6) is 0.253. The minimum absolute atomic E-state index is 0.105. The SMILES string of the molecule is CCC(CC)C(O)CNC(=O)NC(C)CN1CCN(C)CC1. The molecule has 0 aromatic rings. The van der Waals surface area contributed by atoms with Gasteiger partial charge in [0.05, 0.1) is 6.10 Å². The Labute approximate surface area is 135 Å². The van der Waals surface area contributed by atoms with Crippen LogP contribution in [0.4, 0.5) is 4.79 Å². The Morgan fingerprint density at radius 2 is 1.77 bits per heavy atom. The quantitative estimate of drug-likeness (QED) is 0.617. The van der Waals surface area contributed by atoms with Crippen molar-refractivity contribution >= 4 is 6.03 Å². The number of rotatable bonds is 8.